The third-order valence-corrected chi connectivity index (χ3v) is 2.73. The van der Waals surface area contributed by atoms with E-state index in [2.05, 4.69) is 30.4 Å². The van der Waals surface area contributed by atoms with Gasteiger partial charge in [0.25, 0.3) is 0 Å². The summed E-state index contributed by atoms with van der Waals surface area (Å²) >= 11 is 0. The minimum atomic E-state index is -0.298. The molecule has 2 aromatic rings. The van der Waals surface area contributed by atoms with Crippen LogP contribution in [-0.2, 0) is 6.54 Å². The molecule has 2 rings (SSSR count). The maximum Gasteiger partial charge on any atom is 0.144 e. The van der Waals surface area contributed by atoms with Gasteiger partial charge in [0.05, 0.1) is 12.8 Å². The van der Waals surface area contributed by atoms with Gasteiger partial charge in [-0.05, 0) is 24.6 Å². The number of methoxy groups -OCH3 is 1. The van der Waals surface area contributed by atoms with E-state index in [9.17, 15) is 4.39 Å². The highest BCUT2D eigenvalue weighted by atomic mass is 19.1. The van der Waals surface area contributed by atoms with Crippen LogP contribution in [-0.4, -0.2) is 7.11 Å². The quantitative estimate of drug-likeness (QED) is 0.885. The van der Waals surface area contributed by atoms with E-state index in [1.165, 1.54) is 30.4 Å². The third kappa shape index (κ3) is 3.00. The zero-order valence-corrected chi connectivity index (χ0v) is 10.5. The van der Waals surface area contributed by atoms with Crippen molar-refractivity contribution in [1.82, 2.24) is 0 Å². The maximum atomic E-state index is 13.0. The average molecular weight is 245 g/mol. The molecule has 0 aliphatic heterocycles. The molecule has 1 N–H and O–H groups in total. The third-order valence-electron chi connectivity index (χ3n) is 2.73. The summed E-state index contributed by atoms with van der Waals surface area (Å²) in [6, 6.07) is 12.7. The highest BCUT2D eigenvalue weighted by Gasteiger charge is 2.04. The molecule has 3 heteroatoms. The molecule has 0 amide bonds. The van der Waals surface area contributed by atoms with E-state index >= 15 is 0 Å². The van der Waals surface area contributed by atoms with E-state index < -0.39 is 0 Å². The lowest BCUT2D eigenvalue weighted by Gasteiger charge is -2.11. The molecule has 0 unspecified atom stereocenters. The fraction of sp³-hybridized carbons (Fsp3) is 0.200. The van der Waals surface area contributed by atoms with Gasteiger partial charge in [0, 0.05) is 12.6 Å². The van der Waals surface area contributed by atoms with Crippen LogP contribution in [0, 0.1) is 12.7 Å². The smallest absolute Gasteiger partial charge is 0.144 e. The van der Waals surface area contributed by atoms with Gasteiger partial charge in [0.2, 0.25) is 0 Å². The second kappa shape index (κ2) is 5.54. The number of hydrogen-bond donors (Lipinski definition) is 1. The topological polar surface area (TPSA) is 21.3 Å². The van der Waals surface area contributed by atoms with E-state index in [0.717, 1.165) is 5.69 Å². The minimum absolute atomic E-state index is 0.298. The van der Waals surface area contributed by atoms with Crippen LogP contribution in [0.2, 0.25) is 0 Å². The first-order valence-electron chi connectivity index (χ1n) is 5.82. The highest BCUT2D eigenvalue weighted by molar-refractivity contribution is 5.56. The second-order valence-electron chi connectivity index (χ2n) is 4.19. The number of ether oxygens (including phenoxy) is 1. The first-order valence-corrected chi connectivity index (χ1v) is 5.82. The van der Waals surface area contributed by atoms with Crippen LogP contribution < -0.4 is 10.1 Å². The van der Waals surface area contributed by atoms with Crippen molar-refractivity contribution in [1.29, 1.82) is 0 Å². The molecule has 0 aliphatic rings. The maximum absolute atomic E-state index is 13.0. The van der Waals surface area contributed by atoms with Crippen molar-refractivity contribution < 1.29 is 9.13 Å². The second-order valence-corrected chi connectivity index (χ2v) is 4.19. The number of benzene rings is 2. The van der Waals surface area contributed by atoms with Crippen LogP contribution in [0.4, 0.5) is 10.1 Å². The van der Waals surface area contributed by atoms with E-state index in [1.807, 2.05) is 6.07 Å². The zero-order chi connectivity index (χ0) is 13.0. The Balaban J connectivity index is 2.10. The summed E-state index contributed by atoms with van der Waals surface area (Å²) in [7, 11) is 1.53. The Morgan fingerprint density at radius 3 is 2.72 bits per heavy atom. The van der Waals surface area contributed by atoms with Crippen molar-refractivity contribution in [3.05, 3.63) is 59.4 Å². The molecular formula is C15H16FNO. The summed E-state index contributed by atoms with van der Waals surface area (Å²) in [5.74, 6) is 0.218. The van der Waals surface area contributed by atoms with E-state index in [4.69, 9.17) is 4.74 Å². The van der Waals surface area contributed by atoms with Gasteiger partial charge in [-0.3, -0.25) is 0 Å². The summed E-state index contributed by atoms with van der Waals surface area (Å²) in [6.07, 6.45) is 0. The molecule has 0 heterocycles. The molecule has 0 aliphatic carbocycles. The van der Waals surface area contributed by atoms with Gasteiger partial charge in [-0.2, -0.15) is 0 Å². The normalized spacial score (nSPS) is 10.2. The Morgan fingerprint density at radius 2 is 2.00 bits per heavy atom. The molecule has 2 aromatic carbocycles. The Bertz CT molecular complexity index is 540. The Labute approximate surface area is 106 Å². The summed E-state index contributed by atoms with van der Waals surface area (Å²) in [5.41, 5.74) is 3.20. The first kappa shape index (κ1) is 12.4. The lowest BCUT2D eigenvalue weighted by atomic mass is 10.1. The molecule has 0 fully saturated rings. The largest absolute Gasteiger partial charge is 0.494 e. The van der Waals surface area contributed by atoms with Crippen LogP contribution in [0.3, 0.4) is 0 Å². The molecule has 94 valence electrons. The summed E-state index contributed by atoms with van der Waals surface area (Å²) in [6.45, 7) is 2.74. The molecule has 0 saturated heterocycles. The predicted molar refractivity (Wildman–Crippen MR) is 71.5 cm³/mol. The highest BCUT2D eigenvalue weighted by Crippen LogP contribution is 2.25. The standard InChI is InChI=1S/C15H16FNO/c1-11-4-3-5-12(8-11)10-17-14-7-6-13(16)9-15(14)18-2/h3-9,17H,10H2,1-2H3. The molecule has 0 atom stereocenters. The average Bonchev–Trinajstić information content (AvgIpc) is 2.37. The Kier molecular flexibility index (Phi) is 3.82. The van der Waals surface area contributed by atoms with Crippen molar-refractivity contribution in [3.63, 3.8) is 0 Å². The van der Waals surface area contributed by atoms with Gasteiger partial charge < -0.3 is 10.1 Å². The molecule has 0 aromatic heterocycles. The number of hydrogen-bond acceptors (Lipinski definition) is 2. The number of anilines is 1. The number of aryl methyl sites for hydroxylation is 1. The van der Waals surface area contributed by atoms with Gasteiger partial charge in [-0.25, -0.2) is 4.39 Å². The summed E-state index contributed by atoms with van der Waals surface area (Å²) in [4.78, 5) is 0. The van der Waals surface area contributed by atoms with Crippen LogP contribution >= 0.6 is 0 Å². The van der Waals surface area contributed by atoms with Gasteiger partial charge in [0.1, 0.15) is 11.6 Å². The van der Waals surface area contributed by atoms with Crippen molar-refractivity contribution in [2.45, 2.75) is 13.5 Å². The van der Waals surface area contributed by atoms with Gasteiger partial charge >= 0.3 is 0 Å². The van der Waals surface area contributed by atoms with Crippen LogP contribution in [0.25, 0.3) is 0 Å². The zero-order valence-electron chi connectivity index (χ0n) is 10.5. The molecule has 0 saturated carbocycles. The SMILES string of the molecule is COc1cc(F)ccc1NCc1cccc(C)c1. The fourth-order valence-corrected chi connectivity index (χ4v) is 1.83. The fourth-order valence-electron chi connectivity index (χ4n) is 1.83. The van der Waals surface area contributed by atoms with Crippen molar-refractivity contribution in [3.8, 4) is 5.75 Å². The Hall–Kier alpha value is -2.03. The molecular weight excluding hydrogens is 229 g/mol. The van der Waals surface area contributed by atoms with E-state index in [1.54, 1.807) is 6.07 Å². The van der Waals surface area contributed by atoms with Crippen LogP contribution in [0.15, 0.2) is 42.5 Å². The van der Waals surface area contributed by atoms with Crippen molar-refractivity contribution >= 4 is 5.69 Å². The van der Waals surface area contributed by atoms with E-state index in [0.29, 0.717) is 12.3 Å². The lowest BCUT2D eigenvalue weighted by Crippen LogP contribution is -2.01. The lowest BCUT2D eigenvalue weighted by molar-refractivity contribution is 0.413. The number of rotatable bonds is 4. The molecule has 0 spiro atoms. The van der Waals surface area contributed by atoms with Crippen LogP contribution in [0.5, 0.6) is 5.75 Å². The van der Waals surface area contributed by atoms with Gasteiger partial charge in [0.15, 0.2) is 0 Å². The molecule has 0 bridgehead atoms. The monoisotopic (exact) mass is 245 g/mol. The van der Waals surface area contributed by atoms with Crippen molar-refractivity contribution in [2.24, 2.45) is 0 Å². The van der Waals surface area contributed by atoms with Gasteiger partial charge in [-0.1, -0.05) is 29.8 Å². The summed E-state index contributed by atoms with van der Waals surface area (Å²) < 4.78 is 18.2. The first-order chi connectivity index (χ1) is 8.69. The molecule has 2 nitrogen and oxygen atoms in total. The van der Waals surface area contributed by atoms with Gasteiger partial charge in [-0.15, -0.1) is 0 Å². The number of halogens is 1. The molecule has 18 heavy (non-hydrogen) atoms. The van der Waals surface area contributed by atoms with E-state index in [-0.39, 0.29) is 5.82 Å². The van der Waals surface area contributed by atoms with Crippen molar-refractivity contribution in [2.75, 3.05) is 12.4 Å². The Morgan fingerprint density at radius 1 is 1.17 bits per heavy atom. The molecule has 0 radical (unpaired) electrons. The van der Waals surface area contributed by atoms with Crippen LogP contribution in [0.1, 0.15) is 11.1 Å². The number of nitrogens with one attached hydrogen (secondary N) is 1. The minimum Gasteiger partial charge on any atom is -0.494 e. The summed E-state index contributed by atoms with van der Waals surface area (Å²) in [5, 5.41) is 3.24. The predicted octanol–water partition coefficient (Wildman–Crippen LogP) is 3.75.